The Morgan fingerprint density at radius 2 is 1.63 bits per heavy atom. The SMILES string of the molecule is Nc1[c-]n(-c2ccccc2)nc1NC(=O)c1ccc(C(F)c2nnc(-c3ccccc3)o2)cc1.[Rb+]. The summed E-state index contributed by atoms with van der Waals surface area (Å²) in [6.07, 6.45) is 1.24. The average molecular weight is 539 g/mol. The van der Waals surface area contributed by atoms with Crippen LogP contribution in [-0.4, -0.2) is 25.9 Å². The van der Waals surface area contributed by atoms with Gasteiger partial charge in [0.1, 0.15) is 0 Å². The summed E-state index contributed by atoms with van der Waals surface area (Å²) in [7, 11) is 0. The summed E-state index contributed by atoms with van der Waals surface area (Å²) < 4.78 is 21.9. The third-order valence-electron chi connectivity index (χ3n) is 5.06. The summed E-state index contributed by atoms with van der Waals surface area (Å²) in [4.78, 5) is 12.7. The van der Waals surface area contributed by atoms with Gasteiger partial charge < -0.3 is 20.1 Å². The first-order valence-corrected chi connectivity index (χ1v) is 10.4. The fourth-order valence-electron chi connectivity index (χ4n) is 3.29. The molecule has 0 aliphatic heterocycles. The number of benzene rings is 3. The molecule has 5 rings (SSSR count). The van der Waals surface area contributed by atoms with Crippen molar-refractivity contribution in [2.24, 2.45) is 0 Å². The van der Waals surface area contributed by atoms with Crippen molar-refractivity contribution in [2.75, 3.05) is 11.1 Å². The number of alkyl halides is 1. The molecule has 35 heavy (non-hydrogen) atoms. The van der Waals surface area contributed by atoms with Crippen molar-refractivity contribution in [1.29, 1.82) is 0 Å². The van der Waals surface area contributed by atoms with Gasteiger partial charge in [-0.15, -0.1) is 10.2 Å². The van der Waals surface area contributed by atoms with Crippen LogP contribution in [0.2, 0.25) is 0 Å². The third kappa shape index (κ3) is 5.64. The predicted molar refractivity (Wildman–Crippen MR) is 124 cm³/mol. The van der Waals surface area contributed by atoms with Gasteiger partial charge in [0.15, 0.2) is 0 Å². The second-order valence-electron chi connectivity index (χ2n) is 7.37. The molecule has 2 aromatic heterocycles. The first-order chi connectivity index (χ1) is 16.6. The second kappa shape index (κ2) is 11.2. The van der Waals surface area contributed by atoms with Crippen molar-refractivity contribution in [3.05, 3.63) is 108 Å². The Kier molecular flexibility index (Phi) is 8.02. The first-order valence-electron chi connectivity index (χ1n) is 10.4. The van der Waals surface area contributed by atoms with E-state index in [9.17, 15) is 9.18 Å². The summed E-state index contributed by atoms with van der Waals surface area (Å²) in [6.45, 7) is 0. The Morgan fingerprint density at radius 1 is 0.971 bits per heavy atom. The number of amides is 1. The van der Waals surface area contributed by atoms with E-state index in [0.29, 0.717) is 11.1 Å². The van der Waals surface area contributed by atoms with Crippen molar-refractivity contribution in [3.8, 4) is 17.1 Å². The van der Waals surface area contributed by atoms with Crippen molar-refractivity contribution >= 4 is 17.4 Å². The number of hydrogen-bond donors (Lipinski definition) is 2. The van der Waals surface area contributed by atoms with E-state index < -0.39 is 12.1 Å². The van der Waals surface area contributed by atoms with Crippen molar-refractivity contribution < 1.29 is 71.8 Å². The summed E-state index contributed by atoms with van der Waals surface area (Å²) in [5.74, 6) is -0.186. The van der Waals surface area contributed by atoms with Crippen LogP contribution in [0.5, 0.6) is 0 Å². The van der Waals surface area contributed by atoms with Gasteiger partial charge in [-0.25, -0.2) is 9.49 Å². The fraction of sp³-hybridized carbons (Fsp3) is 0.0400. The zero-order valence-corrected chi connectivity index (χ0v) is 23.6. The monoisotopic (exact) mass is 538 g/mol. The Bertz CT molecular complexity index is 1420. The van der Waals surface area contributed by atoms with E-state index in [1.807, 2.05) is 48.5 Å². The minimum Gasteiger partial charge on any atom is -0.417 e. The van der Waals surface area contributed by atoms with E-state index in [1.54, 1.807) is 12.1 Å². The molecule has 0 radical (unpaired) electrons. The van der Waals surface area contributed by atoms with Gasteiger partial charge in [-0.2, -0.15) is 0 Å². The minimum atomic E-state index is -1.63. The number of aromatic nitrogens is 4. The van der Waals surface area contributed by atoms with Gasteiger partial charge >= 0.3 is 58.2 Å². The van der Waals surface area contributed by atoms with Crippen LogP contribution >= 0.6 is 0 Å². The normalized spacial score (nSPS) is 11.5. The van der Waals surface area contributed by atoms with Crippen molar-refractivity contribution in [3.63, 3.8) is 0 Å². The number of nitrogens with one attached hydrogen (secondary N) is 1. The molecule has 1 atom stereocenters. The fourth-order valence-corrected chi connectivity index (χ4v) is 3.29. The number of carbonyl (C=O) groups is 1. The van der Waals surface area contributed by atoms with E-state index in [0.717, 1.165) is 5.69 Å². The Morgan fingerprint density at radius 3 is 2.31 bits per heavy atom. The van der Waals surface area contributed by atoms with Gasteiger partial charge in [0, 0.05) is 11.1 Å². The van der Waals surface area contributed by atoms with E-state index in [1.165, 1.54) is 28.9 Å². The summed E-state index contributed by atoms with van der Waals surface area (Å²) in [6, 6.07) is 24.4. The van der Waals surface area contributed by atoms with Gasteiger partial charge in [-0.1, -0.05) is 60.7 Å². The minimum absolute atomic E-state index is 0. The predicted octanol–water partition coefficient (Wildman–Crippen LogP) is 1.62. The molecule has 5 aromatic rings. The number of nitrogens with two attached hydrogens (primary N) is 1. The van der Waals surface area contributed by atoms with Crippen molar-refractivity contribution in [2.45, 2.75) is 6.17 Å². The molecule has 1 unspecified atom stereocenters. The van der Waals surface area contributed by atoms with Gasteiger partial charge in [0.2, 0.25) is 18.0 Å². The number of para-hydroxylation sites is 1. The molecule has 3 N–H and O–H groups in total. The molecule has 0 bridgehead atoms. The molecule has 0 aliphatic rings. The van der Waals surface area contributed by atoms with Crippen LogP contribution in [0.1, 0.15) is 28.0 Å². The maximum absolute atomic E-state index is 15.0. The molecular formula is C25H18FN6O2Rb. The number of rotatable bonds is 6. The number of carbonyl (C=O) groups excluding carboxylic acids is 1. The van der Waals surface area contributed by atoms with E-state index >= 15 is 0 Å². The van der Waals surface area contributed by atoms with Gasteiger partial charge in [-0.3, -0.25) is 4.79 Å². The Balaban J connectivity index is 0.00000289. The first kappa shape index (κ1) is 25.1. The van der Waals surface area contributed by atoms with Crippen molar-refractivity contribution in [1.82, 2.24) is 20.0 Å². The van der Waals surface area contributed by atoms with Crippen LogP contribution in [0.4, 0.5) is 15.9 Å². The Hall–Kier alpha value is -2.98. The van der Waals surface area contributed by atoms with Crippen LogP contribution in [0.3, 0.4) is 0 Å². The molecular weight excluding hydrogens is 521 g/mol. The molecule has 0 saturated carbocycles. The number of anilines is 2. The molecule has 2 heterocycles. The third-order valence-corrected chi connectivity index (χ3v) is 5.06. The summed E-state index contributed by atoms with van der Waals surface area (Å²) >= 11 is 0. The molecule has 168 valence electrons. The average Bonchev–Trinajstić information content (AvgIpc) is 3.52. The van der Waals surface area contributed by atoms with Crippen LogP contribution in [0, 0.1) is 6.20 Å². The molecule has 0 saturated heterocycles. The van der Waals surface area contributed by atoms with E-state index in [2.05, 4.69) is 26.8 Å². The molecule has 3 aromatic carbocycles. The summed E-state index contributed by atoms with van der Waals surface area (Å²) in [5.41, 5.74) is 8.19. The molecule has 10 heteroatoms. The maximum Gasteiger partial charge on any atom is 1.00 e. The van der Waals surface area contributed by atoms with Crippen LogP contribution in [-0.2, 0) is 0 Å². The summed E-state index contributed by atoms with van der Waals surface area (Å²) in [5, 5.41) is 14.7. The smallest absolute Gasteiger partial charge is 0.417 e. The van der Waals surface area contributed by atoms with E-state index in [4.69, 9.17) is 10.2 Å². The number of nitrogens with zero attached hydrogens (tertiary/aromatic N) is 4. The van der Waals surface area contributed by atoms with E-state index in [-0.39, 0.29) is 87.0 Å². The van der Waals surface area contributed by atoms with Crippen LogP contribution < -0.4 is 69.2 Å². The standard InChI is InChI=1S/C25H18FN6O2.Rb/c26-21(25-30-29-24(34-25)18-7-3-1-4-8-18)16-11-13-17(14-12-16)23(33)28-22-20(27)15-32(31-22)19-9-5-2-6-10-19;/h1-14,21H,27H2,(H,28,31,33);/q-1;+1. The zero-order chi connectivity index (χ0) is 23.5. The van der Waals surface area contributed by atoms with Gasteiger partial charge in [-0.05, 0) is 47.4 Å². The molecule has 0 aliphatic carbocycles. The van der Waals surface area contributed by atoms with Gasteiger partial charge in [0.25, 0.3) is 5.89 Å². The molecule has 8 nitrogen and oxygen atoms in total. The second-order valence-corrected chi connectivity index (χ2v) is 7.37. The van der Waals surface area contributed by atoms with Crippen LogP contribution in [0.15, 0.2) is 89.3 Å². The number of hydrogen-bond acceptors (Lipinski definition) is 6. The van der Waals surface area contributed by atoms with Gasteiger partial charge in [0.05, 0.1) is 5.82 Å². The number of halogens is 1. The zero-order valence-electron chi connectivity index (χ0n) is 18.7. The number of nitrogen functional groups attached to an aromatic ring is 1. The molecule has 0 spiro atoms. The molecule has 0 fully saturated rings. The topological polar surface area (TPSA) is 112 Å². The maximum atomic E-state index is 15.0. The Labute approximate surface area is 249 Å². The molecule has 1 amide bonds. The quantitative estimate of drug-likeness (QED) is 0.318. The largest absolute Gasteiger partial charge is 1.00 e. The van der Waals surface area contributed by atoms with Crippen LogP contribution in [0.25, 0.3) is 17.1 Å².